The van der Waals surface area contributed by atoms with Gasteiger partial charge in [-0.05, 0) is 43.2 Å². The molecule has 2 aromatic carbocycles. The number of benzene rings is 2. The lowest BCUT2D eigenvalue weighted by molar-refractivity contribution is -0.385. The van der Waals surface area contributed by atoms with Gasteiger partial charge in [-0.2, -0.15) is 0 Å². The van der Waals surface area contributed by atoms with E-state index in [4.69, 9.17) is 15.9 Å². The Kier molecular flexibility index (Phi) is 4.91. The maximum absolute atomic E-state index is 10.2. The van der Waals surface area contributed by atoms with Crippen LogP contribution in [0.1, 0.15) is 11.1 Å². The third kappa shape index (κ3) is 4.16. The monoisotopic (exact) mass is 276 g/mol. The van der Waals surface area contributed by atoms with E-state index in [1.54, 1.807) is 25.1 Å². The Morgan fingerprint density at radius 2 is 1.50 bits per heavy atom. The van der Waals surface area contributed by atoms with E-state index in [2.05, 4.69) is 0 Å². The molecule has 0 unspecified atom stereocenters. The summed E-state index contributed by atoms with van der Waals surface area (Å²) < 4.78 is 0. The van der Waals surface area contributed by atoms with E-state index in [0.717, 1.165) is 11.1 Å². The van der Waals surface area contributed by atoms with Gasteiger partial charge in [-0.1, -0.05) is 12.1 Å². The van der Waals surface area contributed by atoms with Gasteiger partial charge in [-0.15, -0.1) is 0 Å². The summed E-state index contributed by atoms with van der Waals surface area (Å²) in [5.74, 6) is -0.138. The minimum atomic E-state index is -0.609. The predicted octanol–water partition coefficient (Wildman–Crippen LogP) is 2.89. The van der Waals surface area contributed by atoms with Crippen LogP contribution in [0.3, 0.4) is 0 Å². The van der Waals surface area contributed by atoms with Gasteiger partial charge in [0.05, 0.1) is 10.6 Å². The van der Waals surface area contributed by atoms with Gasteiger partial charge in [0, 0.05) is 6.07 Å². The summed E-state index contributed by atoms with van der Waals surface area (Å²) in [6, 6.07) is 9.39. The van der Waals surface area contributed by atoms with E-state index >= 15 is 0 Å². The number of aryl methyl sites for hydroxylation is 2. The number of nitrogen functional groups attached to an aromatic ring is 1. The number of hydrogen-bond acceptors (Lipinski definition) is 5. The van der Waals surface area contributed by atoms with E-state index in [1.165, 1.54) is 12.1 Å². The van der Waals surface area contributed by atoms with Crippen LogP contribution in [0.2, 0.25) is 0 Å². The first-order valence-electron chi connectivity index (χ1n) is 5.80. The fourth-order valence-corrected chi connectivity index (χ4v) is 1.45. The smallest absolute Gasteiger partial charge is 0.310 e. The highest BCUT2D eigenvalue weighted by atomic mass is 16.6. The van der Waals surface area contributed by atoms with Crippen LogP contribution in [-0.2, 0) is 0 Å². The zero-order valence-corrected chi connectivity index (χ0v) is 11.2. The topological polar surface area (TPSA) is 110 Å². The molecule has 0 amide bonds. The highest BCUT2D eigenvalue weighted by Gasteiger charge is 2.11. The molecular formula is C14H16N2O4. The second-order valence-corrected chi connectivity index (χ2v) is 4.31. The van der Waals surface area contributed by atoms with Crippen molar-refractivity contribution >= 4 is 11.4 Å². The average Bonchev–Trinajstić information content (AvgIpc) is 2.38. The molecule has 0 aliphatic heterocycles. The SMILES string of the molecule is Cc1ccc(O)c(N)c1.Cc1ccc(O)c([N+](=O)[O-])c1. The highest BCUT2D eigenvalue weighted by Crippen LogP contribution is 2.25. The summed E-state index contributed by atoms with van der Waals surface area (Å²) >= 11 is 0. The number of anilines is 1. The Hall–Kier alpha value is -2.76. The first-order chi connectivity index (χ1) is 9.31. The molecule has 20 heavy (non-hydrogen) atoms. The second-order valence-electron chi connectivity index (χ2n) is 4.31. The van der Waals surface area contributed by atoms with E-state index in [9.17, 15) is 10.1 Å². The zero-order valence-electron chi connectivity index (χ0n) is 11.2. The molecule has 0 atom stereocenters. The van der Waals surface area contributed by atoms with Crippen LogP contribution >= 0.6 is 0 Å². The molecule has 0 aliphatic rings. The lowest BCUT2D eigenvalue weighted by Gasteiger charge is -1.97. The van der Waals surface area contributed by atoms with E-state index < -0.39 is 4.92 Å². The molecule has 0 aliphatic carbocycles. The van der Waals surface area contributed by atoms with Gasteiger partial charge in [0.2, 0.25) is 0 Å². The fourth-order valence-electron chi connectivity index (χ4n) is 1.45. The molecule has 4 N–H and O–H groups in total. The van der Waals surface area contributed by atoms with Crippen molar-refractivity contribution in [3.8, 4) is 11.5 Å². The van der Waals surface area contributed by atoms with Crippen LogP contribution in [0.25, 0.3) is 0 Å². The zero-order chi connectivity index (χ0) is 15.3. The number of nitro groups is 1. The first kappa shape index (κ1) is 15.3. The number of nitrogens with two attached hydrogens (primary N) is 1. The molecular weight excluding hydrogens is 260 g/mol. The van der Waals surface area contributed by atoms with Crippen molar-refractivity contribution in [1.82, 2.24) is 0 Å². The maximum Gasteiger partial charge on any atom is 0.310 e. The number of nitro benzene ring substituents is 1. The molecule has 6 heteroatoms. The van der Waals surface area contributed by atoms with Gasteiger partial charge >= 0.3 is 5.69 Å². The van der Waals surface area contributed by atoms with Crippen LogP contribution < -0.4 is 5.73 Å². The van der Waals surface area contributed by atoms with Gasteiger partial charge in [0.25, 0.3) is 0 Å². The molecule has 0 fully saturated rings. The van der Waals surface area contributed by atoms with Gasteiger partial charge in [-0.25, -0.2) is 0 Å². The fraction of sp³-hybridized carbons (Fsp3) is 0.143. The molecule has 2 rings (SSSR count). The normalized spacial score (nSPS) is 9.50. The maximum atomic E-state index is 10.2. The van der Waals surface area contributed by atoms with E-state index in [-0.39, 0.29) is 17.2 Å². The van der Waals surface area contributed by atoms with Crippen molar-refractivity contribution in [2.24, 2.45) is 0 Å². The number of hydrogen-bond donors (Lipinski definition) is 3. The number of rotatable bonds is 1. The number of phenols is 2. The van der Waals surface area contributed by atoms with Gasteiger partial charge in [-0.3, -0.25) is 10.1 Å². The van der Waals surface area contributed by atoms with Crippen molar-refractivity contribution in [2.75, 3.05) is 5.73 Å². The Morgan fingerprint density at radius 3 is 1.90 bits per heavy atom. The summed E-state index contributed by atoms with van der Waals surface area (Å²) in [5.41, 5.74) is 7.38. The molecule has 0 spiro atoms. The van der Waals surface area contributed by atoms with Crippen LogP contribution in [0, 0.1) is 24.0 Å². The standard InChI is InChI=1S/C7H7NO3.C7H9NO/c1-5-2-3-7(9)6(4-5)8(10)11;1-5-2-3-7(9)6(8)4-5/h2-4,9H,1H3;2-4,9H,8H2,1H3. The minimum absolute atomic E-state index is 0.153. The molecule has 0 heterocycles. The van der Waals surface area contributed by atoms with Crippen LogP contribution in [-0.4, -0.2) is 15.1 Å². The number of aromatic hydroxyl groups is 2. The predicted molar refractivity (Wildman–Crippen MR) is 76.8 cm³/mol. The number of phenolic OH excluding ortho intramolecular Hbond substituents is 2. The van der Waals surface area contributed by atoms with Crippen LogP contribution in [0.5, 0.6) is 11.5 Å². The number of nitrogens with zero attached hydrogens (tertiary/aromatic N) is 1. The Balaban J connectivity index is 0.000000204. The Labute approximate surface area is 116 Å². The second kappa shape index (κ2) is 6.42. The largest absolute Gasteiger partial charge is 0.506 e. The quantitative estimate of drug-likeness (QED) is 0.321. The van der Waals surface area contributed by atoms with Crippen molar-refractivity contribution < 1.29 is 15.1 Å². The van der Waals surface area contributed by atoms with Crippen molar-refractivity contribution in [3.63, 3.8) is 0 Å². The molecule has 0 saturated heterocycles. The lowest BCUT2D eigenvalue weighted by Crippen LogP contribution is -1.88. The third-order valence-electron chi connectivity index (χ3n) is 2.51. The molecule has 106 valence electrons. The van der Waals surface area contributed by atoms with E-state index in [1.807, 2.05) is 13.0 Å². The van der Waals surface area contributed by atoms with Crippen molar-refractivity contribution in [2.45, 2.75) is 13.8 Å². The summed E-state index contributed by atoms with van der Waals surface area (Å²) in [7, 11) is 0. The summed E-state index contributed by atoms with van der Waals surface area (Å²) in [6.07, 6.45) is 0. The third-order valence-corrected chi connectivity index (χ3v) is 2.51. The van der Waals surface area contributed by atoms with Gasteiger partial charge < -0.3 is 15.9 Å². The first-order valence-corrected chi connectivity index (χ1v) is 5.80. The molecule has 0 bridgehead atoms. The van der Waals surface area contributed by atoms with Crippen molar-refractivity contribution in [3.05, 3.63) is 57.6 Å². The Bertz CT molecular complexity index is 627. The highest BCUT2D eigenvalue weighted by molar-refractivity contribution is 5.52. The van der Waals surface area contributed by atoms with E-state index in [0.29, 0.717) is 5.69 Å². The molecule has 6 nitrogen and oxygen atoms in total. The lowest BCUT2D eigenvalue weighted by atomic mass is 10.2. The Morgan fingerprint density at radius 1 is 1.00 bits per heavy atom. The molecule has 2 aromatic rings. The summed E-state index contributed by atoms with van der Waals surface area (Å²) in [4.78, 5) is 9.61. The average molecular weight is 276 g/mol. The van der Waals surface area contributed by atoms with Crippen LogP contribution in [0.15, 0.2) is 36.4 Å². The minimum Gasteiger partial charge on any atom is -0.506 e. The van der Waals surface area contributed by atoms with Gasteiger partial charge in [0.1, 0.15) is 5.75 Å². The summed E-state index contributed by atoms with van der Waals surface area (Å²) in [6.45, 7) is 3.66. The van der Waals surface area contributed by atoms with Crippen LogP contribution in [0.4, 0.5) is 11.4 Å². The molecule has 0 aromatic heterocycles. The molecule has 0 radical (unpaired) electrons. The molecule has 0 saturated carbocycles. The summed E-state index contributed by atoms with van der Waals surface area (Å²) in [5, 5.41) is 28.1. The van der Waals surface area contributed by atoms with Crippen molar-refractivity contribution in [1.29, 1.82) is 0 Å². The van der Waals surface area contributed by atoms with Gasteiger partial charge in [0.15, 0.2) is 5.75 Å².